The number of aliphatic hydroxyl groups excluding tert-OH is 1. The minimum absolute atomic E-state index is 0. The summed E-state index contributed by atoms with van der Waals surface area (Å²) in [6.07, 6.45) is -0.353. The number of hydrogen-bond acceptors (Lipinski definition) is 3. The number of rotatable bonds is 2. The van der Waals surface area contributed by atoms with Gasteiger partial charge in [-0.25, -0.2) is 4.39 Å². The van der Waals surface area contributed by atoms with Crippen LogP contribution in [0.3, 0.4) is 0 Å². The lowest BCUT2D eigenvalue weighted by atomic mass is 10.0. The van der Waals surface area contributed by atoms with E-state index in [9.17, 15) is 14.3 Å². The summed E-state index contributed by atoms with van der Waals surface area (Å²) in [6.45, 7) is 0. The molecule has 0 bridgehead atoms. The van der Waals surface area contributed by atoms with E-state index in [0.29, 0.717) is 17.7 Å². The van der Waals surface area contributed by atoms with Gasteiger partial charge in [-0.15, -0.1) is 12.4 Å². The Labute approximate surface area is 143 Å². The number of benzene rings is 2. The maximum absolute atomic E-state index is 13.1. The van der Waals surface area contributed by atoms with Crippen LogP contribution in [0.2, 0.25) is 5.02 Å². The standard InChI is InChI=1S/C16H14ClFN2O2.ClH/c17-12-6-8(4-5-13(12)18)20-16(22)10-3-1-2-9-11(10)7-14(21)15(9)19;/h1-6,14-15,21H,7,19H2,(H,20,22);1H/t14-,15-;/m1./s1. The molecule has 0 saturated carbocycles. The third-order valence-corrected chi connectivity index (χ3v) is 4.11. The molecule has 1 aliphatic rings. The zero-order valence-corrected chi connectivity index (χ0v) is 13.5. The molecule has 0 heterocycles. The lowest BCUT2D eigenvalue weighted by Crippen LogP contribution is -2.21. The molecule has 3 rings (SSSR count). The van der Waals surface area contributed by atoms with Gasteiger partial charge < -0.3 is 16.2 Å². The van der Waals surface area contributed by atoms with Gasteiger partial charge in [0.1, 0.15) is 5.82 Å². The molecule has 0 fully saturated rings. The highest BCUT2D eigenvalue weighted by Gasteiger charge is 2.31. The van der Waals surface area contributed by atoms with Crippen LogP contribution in [0.4, 0.5) is 10.1 Å². The topological polar surface area (TPSA) is 75.4 Å². The zero-order valence-electron chi connectivity index (χ0n) is 11.9. The van der Waals surface area contributed by atoms with Gasteiger partial charge in [-0.3, -0.25) is 4.79 Å². The molecule has 7 heteroatoms. The summed E-state index contributed by atoms with van der Waals surface area (Å²) in [4.78, 5) is 12.4. The van der Waals surface area contributed by atoms with E-state index < -0.39 is 18.0 Å². The first-order chi connectivity index (χ1) is 10.5. The minimum Gasteiger partial charge on any atom is -0.391 e. The van der Waals surface area contributed by atoms with Crippen molar-refractivity contribution in [2.75, 3.05) is 5.32 Å². The van der Waals surface area contributed by atoms with Gasteiger partial charge in [-0.05, 0) is 35.4 Å². The number of amides is 1. The van der Waals surface area contributed by atoms with Crippen molar-refractivity contribution in [3.63, 3.8) is 0 Å². The van der Waals surface area contributed by atoms with Gasteiger partial charge in [-0.1, -0.05) is 23.7 Å². The van der Waals surface area contributed by atoms with Crippen LogP contribution in [0.5, 0.6) is 0 Å². The molecule has 4 nitrogen and oxygen atoms in total. The van der Waals surface area contributed by atoms with Crippen LogP contribution in [0.1, 0.15) is 27.5 Å². The summed E-state index contributed by atoms with van der Waals surface area (Å²) in [7, 11) is 0. The summed E-state index contributed by atoms with van der Waals surface area (Å²) in [6, 6.07) is 8.69. The molecule has 0 aromatic heterocycles. The molecule has 0 saturated heterocycles. The first kappa shape index (κ1) is 17.7. The first-order valence-electron chi connectivity index (χ1n) is 6.79. The molecule has 0 unspecified atom stereocenters. The number of fused-ring (bicyclic) bond motifs is 1. The summed E-state index contributed by atoms with van der Waals surface area (Å²) in [5, 5.41) is 12.5. The van der Waals surface area contributed by atoms with Crippen LogP contribution < -0.4 is 11.1 Å². The maximum Gasteiger partial charge on any atom is 0.255 e. The Morgan fingerprint density at radius 2 is 2.09 bits per heavy atom. The quantitative estimate of drug-likeness (QED) is 0.773. The van der Waals surface area contributed by atoms with Crippen molar-refractivity contribution in [1.29, 1.82) is 0 Å². The van der Waals surface area contributed by atoms with E-state index in [1.807, 2.05) is 6.07 Å². The van der Waals surface area contributed by atoms with Gasteiger partial charge in [0.05, 0.1) is 17.2 Å². The predicted molar refractivity (Wildman–Crippen MR) is 89.7 cm³/mol. The fourth-order valence-corrected chi connectivity index (χ4v) is 2.85. The lowest BCUT2D eigenvalue weighted by Gasteiger charge is -2.10. The Bertz CT molecular complexity index is 755. The molecule has 2 aromatic carbocycles. The molecular weight excluding hydrogens is 342 g/mol. The average molecular weight is 357 g/mol. The fourth-order valence-electron chi connectivity index (χ4n) is 2.67. The third kappa shape index (κ3) is 3.33. The van der Waals surface area contributed by atoms with E-state index in [1.165, 1.54) is 18.2 Å². The number of carbonyl (C=O) groups excluding carboxylic acids is 1. The van der Waals surface area contributed by atoms with E-state index in [0.717, 1.165) is 11.1 Å². The van der Waals surface area contributed by atoms with Crippen molar-refractivity contribution in [3.8, 4) is 0 Å². The van der Waals surface area contributed by atoms with E-state index in [2.05, 4.69) is 5.32 Å². The van der Waals surface area contributed by atoms with Gasteiger partial charge in [0.2, 0.25) is 0 Å². The monoisotopic (exact) mass is 356 g/mol. The molecule has 2 atom stereocenters. The molecule has 1 aliphatic carbocycles. The molecule has 122 valence electrons. The number of aliphatic hydroxyl groups is 1. The van der Waals surface area contributed by atoms with Crippen LogP contribution in [0, 0.1) is 5.82 Å². The van der Waals surface area contributed by atoms with Gasteiger partial charge >= 0.3 is 0 Å². The summed E-state index contributed by atoms with van der Waals surface area (Å²) >= 11 is 5.70. The van der Waals surface area contributed by atoms with Crippen molar-refractivity contribution in [2.24, 2.45) is 5.73 Å². The Morgan fingerprint density at radius 1 is 1.35 bits per heavy atom. The average Bonchev–Trinajstić information content (AvgIpc) is 2.78. The number of nitrogens with one attached hydrogen (secondary N) is 1. The second-order valence-electron chi connectivity index (χ2n) is 5.25. The smallest absolute Gasteiger partial charge is 0.255 e. The molecule has 0 aliphatic heterocycles. The lowest BCUT2D eigenvalue weighted by molar-refractivity contribution is 0.102. The van der Waals surface area contributed by atoms with Crippen molar-refractivity contribution >= 4 is 35.6 Å². The van der Waals surface area contributed by atoms with Crippen molar-refractivity contribution in [1.82, 2.24) is 0 Å². The predicted octanol–water partition coefficient (Wildman–Crippen LogP) is 3.07. The molecule has 4 N–H and O–H groups in total. The molecular formula is C16H15Cl2FN2O2. The maximum atomic E-state index is 13.1. The second-order valence-corrected chi connectivity index (χ2v) is 5.66. The molecule has 0 radical (unpaired) electrons. The van der Waals surface area contributed by atoms with Crippen molar-refractivity contribution < 1.29 is 14.3 Å². The van der Waals surface area contributed by atoms with E-state index in [-0.39, 0.29) is 23.3 Å². The van der Waals surface area contributed by atoms with Crippen LogP contribution in [0.15, 0.2) is 36.4 Å². The number of halogens is 3. The first-order valence-corrected chi connectivity index (χ1v) is 7.17. The number of anilines is 1. The van der Waals surface area contributed by atoms with Gasteiger partial charge in [0, 0.05) is 17.7 Å². The summed E-state index contributed by atoms with van der Waals surface area (Å²) in [5.74, 6) is -0.893. The highest BCUT2D eigenvalue weighted by Crippen LogP contribution is 2.32. The van der Waals surface area contributed by atoms with Crippen LogP contribution in [-0.4, -0.2) is 17.1 Å². The second kappa shape index (κ2) is 6.84. The molecule has 23 heavy (non-hydrogen) atoms. The van der Waals surface area contributed by atoms with Crippen molar-refractivity contribution in [2.45, 2.75) is 18.6 Å². The van der Waals surface area contributed by atoms with Crippen LogP contribution in [0.25, 0.3) is 0 Å². The van der Waals surface area contributed by atoms with Crippen LogP contribution in [-0.2, 0) is 6.42 Å². The molecule has 1 amide bonds. The Hall–Kier alpha value is -1.66. The van der Waals surface area contributed by atoms with Gasteiger partial charge in [0.25, 0.3) is 5.91 Å². The van der Waals surface area contributed by atoms with E-state index >= 15 is 0 Å². The Kier molecular flexibility index (Phi) is 5.26. The highest BCUT2D eigenvalue weighted by atomic mass is 35.5. The Balaban J connectivity index is 0.00000192. The summed E-state index contributed by atoms with van der Waals surface area (Å²) in [5.41, 5.74) is 8.28. The van der Waals surface area contributed by atoms with Crippen LogP contribution >= 0.6 is 24.0 Å². The Morgan fingerprint density at radius 3 is 2.78 bits per heavy atom. The normalized spacial score (nSPS) is 19.0. The van der Waals surface area contributed by atoms with E-state index in [1.54, 1.807) is 12.1 Å². The summed E-state index contributed by atoms with van der Waals surface area (Å²) < 4.78 is 13.1. The molecule has 0 spiro atoms. The van der Waals surface area contributed by atoms with Gasteiger partial charge in [-0.2, -0.15) is 0 Å². The van der Waals surface area contributed by atoms with Crippen molar-refractivity contribution in [3.05, 3.63) is 63.9 Å². The largest absolute Gasteiger partial charge is 0.391 e. The minimum atomic E-state index is -0.691. The number of hydrogen-bond donors (Lipinski definition) is 3. The molecule has 2 aromatic rings. The zero-order chi connectivity index (χ0) is 15.9. The van der Waals surface area contributed by atoms with Gasteiger partial charge in [0.15, 0.2) is 0 Å². The number of carbonyl (C=O) groups is 1. The van der Waals surface area contributed by atoms with E-state index in [4.69, 9.17) is 17.3 Å². The number of nitrogens with two attached hydrogens (primary N) is 1. The SMILES string of the molecule is Cl.N[C@@H]1c2cccc(C(=O)Nc3ccc(F)c(Cl)c3)c2C[C@H]1O. The highest BCUT2D eigenvalue weighted by molar-refractivity contribution is 6.31. The third-order valence-electron chi connectivity index (χ3n) is 3.82. The fraction of sp³-hybridized carbons (Fsp3) is 0.188.